The Hall–Kier alpha value is 0.610. The number of hydrogen-bond donors (Lipinski definition) is 1. The van der Waals surface area contributed by atoms with E-state index >= 15 is 0 Å². The second-order valence-corrected chi connectivity index (χ2v) is 9.21. The standard InChI is InChI=1S/C26H54N2O.HI/c1-2-3-4-5-6-7-8-9-10-11-12-13-14-15-16-18-25-29-26-19-17-22-28-23-20-27-21-24-28;/h27H,2-26H2,1H3;1H. The number of rotatable bonds is 22. The number of halogens is 1. The highest BCUT2D eigenvalue weighted by atomic mass is 127. The minimum Gasteiger partial charge on any atom is -0.381 e. The lowest BCUT2D eigenvalue weighted by atomic mass is 10.0. The van der Waals surface area contributed by atoms with Crippen LogP contribution in [0, 0.1) is 0 Å². The first kappa shape index (κ1) is 30.6. The molecule has 1 saturated heterocycles. The molecule has 1 fully saturated rings. The first-order valence-corrected chi connectivity index (χ1v) is 13.4. The van der Waals surface area contributed by atoms with Crippen molar-refractivity contribution in [3.8, 4) is 0 Å². The van der Waals surface area contributed by atoms with Gasteiger partial charge in [0, 0.05) is 39.4 Å². The quantitative estimate of drug-likeness (QED) is 0.114. The topological polar surface area (TPSA) is 24.5 Å². The van der Waals surface area contributed by atoms with Crippen LogP contribution in [0.5, 0.6) is 0 Å². The van der Waals surface area contributed by atoms with E-state index in [9.17, 15) is 0 Å². The SMILES string of the molecule is CCCCCCCCCCCCCCCCCCOCCCCN1CCNCC1.I. The zero-order valence-electron chi connectivity index (χ0n) is 20.4. The van der Waals surface area contributed by atoms with Crippen molar-refractivity contribution in [3.63, 3.8) is 0 Å². The molecule has 0 aromatic carbocycles. The molecule has 1 aliphatic rings. The van der Waals surface area contributed by atoms with Crippen LogP contribution in [0.3, 0.4) is 0 Å². The van der Waals surface area contributed by atoms with E-state index in [1.807, 2.05) is 0 Å². The van der Waals surface area contributed by atoms with Crippen LogP contribution in [-0.2, 0) is 4.74 Å². The van der Waals surface area contributed by atoms with Crippen LogP contribution in [0.25, 0.3) is 0 Å². The summed E-state index contributed by atoms with van der Waals surface area (Å²) >= 11 is 0. The lowest BCUT2D eigenvalue weighted by Crippen LogP contribution is -2.43. The third-order valence-corrected chi connectivity index (χ3v) is 6.36. The molecule has 4 heteroatoms. The van der Waals surface area contributed by atoms with Gasteiger partial charge in [-0.1, -0.05) is 103 Å². The Bertz CT molecular complexity index is 311. The van der Waals surface area contributed by atoms with E-state index in [1.165, 1.54) is 135 Å². The van der Waals surface area contributed by atoms with Crippen molar-refractivity contribution in [1.82, 2.24) is 10.2 Å². The second kappa shape index (κ2) is 25.9. The van der Waals surface area contributed by atoms with Gasteiger partial charge in [-0.3, -0.25) is 0 Å². The van der Waals surface area contributed by atoms with E-state index in [0.717, 1.165) is 26.3 Å². The Balaban J connectivity index is 0.00000841. The van der Waals surface area contributed by atoms with Gasteiger partial charge in [0.25, 0.3) is 0 Å². The van der Waals surface area contributed by atoms with Crippen molar-refractivity contribution in [1.29, 1.82) is 0 Å². The first-order valence-electron chi connectivity index (χ1n) is 13.4. The molecule has 3 nitrogen and oxygen atoms in total. The summed E-state index contributed by atoms with van der Waals surface area (Å²) in [5.74, 6) is 0. The second-order valence-electron chi connectivity index (χ2n) is 9.21. The average molecular weight is 539 g/mol. The molecule has 0 radical (unpaired) electrons. The summed E-state index contributed by atoms with van der Waals surface area (Å²) in [6.45, 7) is 10.3. The fourth-order valence-electron chi connectivity index (χ4n) is 4.33. The number of unbranched alkanes of at least 4 members (excludes halogenated alkanes) is 16. The van der Waals surface area contributed by atoms with Crippen molar-refractivity contribution >= 4 is 24.0 Å². The molecule has 1 heterocycles. The molecule has 0 aliphatic carbocycles. The van der Waals surface area contributed by atoms with Crippen LogP contribution < -0.4 is 5.32 Å². The Morgan fingerprint density at radius 1 is 0.567 bits per heavy atom. The summed E-state index contributed by atoms with van der Waals surface area (Å²) in [4.78, 5) is 2.58. The average Bonchev–Trinajstić information content (AvgIpc) is 2.75. The van der Waals surface area contributed by atoms with E-state index in [1.54, 1.807) is 0 Å². The number of nitrogens with zero attached hydrogens (tertiary/aromatic N) is 1. The van der Waals surface area contributed by atoms with Gasteiger partial charge in [0.2, 0.25) is 0 Å². The Labute approximate surface area is 206 Å². The zero-order valence-corrected chi connectivity index (χ0v) is 22.8. The highest BCUT2D eigenvalue weighted by Crippen LogP contribution is 2.13. The molecule has 1 rings (SSSR count). The molecule has 0 aromatic rings. The van der Waals surface area contributed by atoms with Crippen LogP contribution in [0.15, 0.2) is 0 Å². The van der Waals surface area contributed by atoms with Gasteiger partial charge >= 0.3 is 0 Å². The molecule has 0 saturated carbocycles. The molecule has 0 bridgehead atoms. The van der Waals surface area contributed by atoms with Gasteiger partial charge in [-0.15, -0.1) is 24.0 Å². The summed E-state index contributed by atoms with van der Waals surface area (Å²) in [6, 6.07) is 0. The molecule has 0 aromatic heterocycles. The van der Waals surface area contributed by atoms with Crippen molar-refractivity contribution < 1.29 is 4.74 Å². The summed E-state index contributed by atoms with van der Waals surface area (Å²) in [7, 11) is 0. The van der Waals surface area contributed by atoms with Gasteiger partial charge in [0.15, 0.2) is 0 Å². The third kappa shape index (κ3) is 21.8. The minimum absolute atomic E-state index is 0. The van der Waals surface area contributed by atoms with E-state index in [0.29, 0.717) is 0 Å². The summed E-state index contributed by atoms with van der Waals surface area (Å²) in [5, 5.41) is 3.41. The minimum atomic E-state index is 0. The fraction of sp³-hybridized carbons (Fsp3) is 1.00. The van der Waals surface area contributed by atoms with Gasteiger partial charge in [-0.2, -0.15) is 0 Å². The molecule has 0 unspecified atom stereocenters. The molecule has 0 amide bonds. The maximum atomic E-state index is 5.81. The Morgan fingerprint density at radius 2 is 0.967 bits per heavy atom. The van der Waals surface area contributed by atoms with Crippen LogP contribution in [0.2, 0.25) is 0 Å². The largest absolute Gasteiger partial charge is 0.381 e. The van der Waals surface area contributed by atoms with Crippen LogP contribution >= 0.6 is 24.0 Å². The fourth-order valence-corrected chi connectivity index (χ4v) is 4.33. The van der Waals surface area contributed by atoms with Crippen molar-refractivity contribution in [2.24, 2.45) is 0 Å². The predicted molar refractivity (Wildman–Crippen MR) is 144 cm³/mol. The lowest BCUT2D eigenvalue weighted by molar-refractivity contribution is 0.122. The first-order chi connectivity index (χ1) is 14.4. The molecule has 0 spiro atoms. The Kier molecular flexibility index (Phi) is 26.4. The maximum Gasteiger partial charge on any atom is 0.0466 e. The van der Waals surface area contributed by atoms with Crippen LogP contribution in [0.1, 0.15) is 122 Å². The molecule has 1 aliphatic heterocycles. The van der Waals surface area contributed by atoms with Crippen LogP contribution in [0.4, 0.5) is 0 Å². The van der Waals surface area contributed by atoms with Crippen molar-refractivity contribution in [2.45, 2.75) is 122 Å². The molecule has 182 valence electrons. The summed E-state index contributed by atoms with van der Waals surface area (Å²) < 4.78 is 5.81. The molecular weight excluding hydrogens is 483 g/mol. The van der Waals surface area contributed by atoms with E-state index < -0.39 is 0 Å². The number of nitrogens with one attached hydrogen (secondary N) is 1. The van der Waals surface area contributed by atoms with Gasteiger partial charge < -0.3 is 15.0 Å². The highest BCUT2D eigenvalue weighted by Gasteiger charge is 2.07. The van der Waals surface area contributed by atoms with E-state index in [2.05, 4.69) is 17.1 Å². The molecule has 1 N–H and O–H groups in total. The predicted octanol–water partition coefficient (Wildman–Crippen LogP) is 7.57. The van der Waals surface area contributed by atoms with Gasteiger partial charge in [-0.05, 0) is 25.8 Å². The molecule has 30 heavy (non-hydrogen) atoms. The summed E-state index contributed by atoms with van der Waals surface area (Å²) in [5.41, 5.74) is 0. The smallest absolute Gasteiger partial charge is 0.0466 e. The number of hydrogen-bond acceptors (Lipinski definition) is 3. The lowest BCUT2D eigenvalue weighted by Gasteiger charge is -2.26. The molecule has 0 atom stereocenters. The Morgan fingerprint density at radius 3 is 1.43 bits per heavy atom. The van der Waals surface area contributed by atoms with Crippen LogP contribution in [-0.4, -0.2) is 50.8 Å². The number of piperazine rings is 1. The van der Waals surface area contributed by atoms with E-state index in [-0.39, 0.29) is 24.0 Å². The third-order valence-electron chi connectivity index (χ3n) is 6.36. The summed E-state index contributed by atoms with van der Waals surface area (Å²) in [6.07, 6.45) is 25.4. The number of ether oxygens (including phenoxy) is 1. The van der Waals surface area contributed by atoms with Gasteiger partial charge in [-0.25, -0.2) is 0 Å². The zero-order chi connectivity index (χ0) is 20.7. The normalized spacial score (nSPS) is 14.7. The van der Waals surface area contributed by atoms with Gasteiger partial charge in [0.05, 0.1) is 0 Å². The molecular formula is C26H55IN2O. The van der Waals surface area contributed by atoms with Crippen molar-refractivity contribution in [2.75, 3.05) is 45.9 Å². The maximum absolute atomic E-state index is 5.81. The van der Waals surface area contributed by atoms with Crippen molar-refractivity contribution in [3.05, 3.63) is 0 Å². The van der Waals surface area contributed by atoms with E-state index in [4.69, 9.17) is 4.74 Å². The highest BCUT2D eigenvalue weighted by molar-refractivity contribution is 14.0. The van der Waals surface area contributed by atoms with Gasteiger partial charge in [0.1, 0.15) is 0 Å². The monoisotopic (exact) mass is 538 g/mol.